The van der Waals surface area contributed by atoms with Crippen molar-refractivity contribution in [1.82, 2.24) is 9.36 Å². The molecule has 5 nitrogen and oxygen atoms in total. The summed E-state index contributed by atoms with van der Waals surface area (Å²) >= 11 is 1.42. The minimum Gasteiger partial charge on any atom is -0.481 e. The quantitative estimate of drug-likeness (QED) is 0.839. The summed E-state index contributed by atoms with van der Waals surface area (Å²) in [6.45, 7) is 3.00. The molecule has 0 spiro atoms. The van der Waals surface area contributed by atoms with Crippen LogP contribution in [0.2, 0.25) is 0 Å². The molecule has 0 atom stereocenters. The molecule has 0 radical (unpaired) electrons. The lowest BCUT2D eigenvalue weighted by atomic mass is 9.82. The molecule has 106 valence electrons. The molecule has 0 saturated heterocycles. The molecule has 1 aromatic heterocycles. The van der Waals surface area contributed by atoms with Crippen LogP contribution in [0.25, 0.3) is 0 Å². The second-order valence-corrected chi connectivity index (χ2v) is 5.95. The first-order valence-electron chi connectivity index (χ1n) is 6.98. The molecule has 19 heavy (non-hydrogen) atoms. The third kappa shape index (κ3) is 4.16. The summed E-state index contributed by atoms with van der Waals surface area (Å²) in [5.74, 6) is 0.715. The summed E-state index contributed by atoms with van der Waals surface area (Å²) in [6, 6.07) is 0. The van der Waals surface area contributed by atoms with Crippen molar-refractivity contribution >= 4 is 22.6 Å². The second kappa shape index (κ2) is 6.84. The molecule has 6 heteroatoms. The highest BCUT2D eigenvalue weighted by Crippen LogP contribution is 2.29. The molecule has 2 rings (SSSR count). The van der Waals surface area contributed by atoms with E-state index in [0.717, 1.165) is 56.0 Å². The maximum atomic E-state index is 10.9. The van der Waals surface area contributed by atoms with Crippen LogP contribution in [0.1, 0.15) is 44.9 Å². The van der Waals surface area contributed by atoms with Crippen molar-refractivity contribution in [3.8, 4) is 0 Å². The molecule has 1 saturated carbocycles. The smallest absolute Gasteiger partial charge is 0.306 e. The molecule has 2 N–H and O–H groups in total. The molecule has 1 aromatic rings. The topological polar surface area (TPSA) is 75.1 Å². The number of nitrogens with zero attached hydrogens (tertiary/aromatic N) is 2. The monoisotopic (exact) mass is 283 g/mol. The van der Waals surface area contributed by atoms with Crippen molar-refractivity contribution in [3.05, 3.63) is 5.82 Å². The average molecular weight is 283 g/mol. The summed E-state index contributed by atoms with van der Waals surface area (Å²) in [5.41, 5.74) is 0. The van der Waals surface area contributed by atoms with E-state index in [-0.39, 0.29) is 5.92 Å². The number of anilines is 1. The fourth-order valence-electron chi connectivity index (χ4n) is 2.50. The highest BCUT2D eigenvalue weighted by Gasteiger charge is 2.25. The summed E-state index contributed by atoms with van der Waals surface area (Å²) < 4.78 is 4.30. The molecule has 0 aromatic carbocycles. The van der Waals surface area contributed by atoms with Crippen LogP contribution in [0, 0.1) is 11.8 Å². The molecule has 0 aliphatic heterocycles. The zero-order chi connectivity index (χ0) is 13.7. The van der Waals surface area contributed by atoms with Crippen LogP contribution in [-0.4, -0.2) is 27.0 Å². The van der Waals surface area contributed by atoms with Gasteiger partial charge in [0.1, 0.15) is 5.82 Å². The van der Waals surface area contributed by atoms with Crippen molar-refractivity contribution in [2.24, 2.45) is 11.8 Å². The van der Waals surface area contributed by atoms with Gasteiger partial charge >= 0.3 is 5.97 Å². The van der Waals surface area contributed by atoms with Gasteiger partial charge in [-0.25, -0.2) is 4.98 Å². The van der Waals surface area contributed by atoms with Gasteiger partial charge in [-0.2, -0.15) is 4.37 Å². The fourth-order valence-corrected chi connectivity index (χ4v) is 3.11. The maximum absolute atomic E-state index is 10.9. The van der Waals surface area contributed by atoms with Crippen LogP contribution >= 0.6 is 11.5 Å². The number of nitrogens with one attached hydrogen (secondary N) is 1. The number of rotatable bonds is 6. The Kier molecular flexibility index (Phi) is 5.13. The van der Waals surface area contributed by atoms with Crippen LogP contribution in [0.4, 0.5) is 5.13 Å². The van der Waals surface area contributed by atoms with Gasteiger partial charge in [-0.05, 0) is 38.0 Å². The molecular weight excluding hydrogens is 262 g/mol. The van der Waals surface area contributed by atoms with Gasteiger partial charge in [-0.15, -0.1) is 0 Å². The van der Waals surface area contributed by atoms with E-state index < -0.39 is 5.97 Å². The Hall–Kier alpha value is -1.17. The molecule has 0 unspecified atom stereocenters. The Balaban J connectivity index is 1.72. The molecular formula is C13H21N3O2S. The first kappa shape index (κ1) is 14.2. The van der Waals surface area contributed by atoms with Gasteiger partial charge in [0.25, 0.3) is 0 Å². The minimum absolute atomic E-state index is 0.131. The van der Waals surface area contributed by atoms with Crippen molar-refractivity contribution in [1.29, 1.82) is 0 Å². The average Bonchev–Trinajstić information content (AvgIpc) is 2.85. The van der Waals surface area contributed by atoms with Gasteiger partial charge in [0.05, 0.1) is 5.92 Å². The zero-order valence-corrected chi connectivity index (χ0v) is 12.1. The van der Waals surface area contributed by atoms with Crippen molar-refractivity contribution in [2.75, 3.05) is 11.9 Å². The van der Waals surface area contributed by atoms with E-state index in [4.69, 9.17) is 5.11 Å². The lowest BCUT2D eigenvalue weighted by Crippen LogP contribution is -2.25. The normalized spacial score (nSPS) is 23.2. The third-order valence-corrected chi connectivity index (χ3v) is 4.39. The largest absolute Gasteiger partial charge is 0.481 e. The number of aliphatic carboxylic acids is 1. The number of hydrogen-bond acceptors (Lipinski definition) is 5. The maximum Gasteiger partial charge on any atom is 0.306 e. The Labute approximate surface area is 117 Å². The van der Waals surface area contributed by atoms with Crippen LogP contribution in [0.5, 0.6) is 0 Å². The summed E-state index contributed by atoms with van der Waals surface area (Å²) in [4.78, 5) is 15.3. The first-order valence-corrected chi connectivity index (χ1v) is 7.75. The van der Waals surface area contributed by atoms with Crippen LogP contribution in [0.3, 0.4) is 0 Å². The molecule has 1 heterocycles. The van der Waals surface area contributed by atoms with E-state index in [0.29, 0.717) is 5.92 Å². The Morgan fingerprint density at radius 3 is 2.79 bits per heavy atom. The van der Waals surface area contributed by atoms with Gasteiger partial charge < -0.3 is 10.4 Å². The Bertz CT molecular complexity index is 414. The third-order valence-electron chi connectivity index (χ3n) is 3.68. The predicted molar refractivity (Wildman–Crippen MR) is 75.5 cm³/mol. The minimum atomic E-state index is -0.639. The van der Waals surface area contributed by atoms with Crippen LogP contribution in [0.15, 0.2) is 0 Å². The Morgan fingerprint density at radius 2 is 2.16 bits per heavy atom. The van der Waals surface area contributed by atoms with Crippen molar-refractivity contribution in [3.63, 3.8) is 0 Å². The number of carbonyl (C=O) groups is 1. The van der Waals surface area contributed by atoms with Gasteiger partial charge in [0.15, 0.2) is 0 Å². The molecule has 1 aliphatic carbocycles. The van der Waals surface area contributed by atoms with Crippen molar-refractivity contribution in [2.45, 2.75) is 45.4 Å². The van der Waals surface area contributed by atoms with E-state index in [1.807, 2.05) is 0 Å². The van der Waals surface area contributed by atoms with Gasteiger partial charge in [0.2, 0.25) is 5.13 Å². The van der Waals surface area contributed by atoms with E-state index in [2.05, 4.69) is 21.6 Å². The van der Waals surface area contributed by atoms with E-state index in [1.54, 1.807) is 0 Å². The lowest BCUT2D eigenvalue weighted by Gasteiger charge is -2.25. The van der Waals surface area contributed by atoms with Gasteiger partial charge in [0, 0.05) is 24.5 Å². The highest BCUT2D eigenvalue weighted by atomic mass is 32.1. The standard InChI is InChI=1S/C13H21N3O2S/c1-2-3-11-15-13(19-16-11)14-8-9-4-6-10(7-5-9)12(17)18/h9-10H,2-8H2,1H3,(H,17,18)(H,14,15,16). The van der Waals surface area contributed by atoms with Gasteiger partial charge in [-0.3, -0.25) is 4.79 Å². The first-order chi connectivity index (χ1) is 9.19. The van der Waals surface area contributed by atoms with Gasteiger partial charge in [-0.1, -0.05) is 6.92 Å². The second-order valence-electron chi connectivity index (χ2n) is 5.20. The lowest BCUT2D eigenvalue weighted by molar-refractivity contribution is -0.143. The van der Waals surface area contributed by atoms with Crippen LogP contribution < -0.4 is 5.32 Å². The molecule has 0 bridgehead atoms. The fraction of sp³-hybridized carbons (Fsp3) is 0.769. The number of hydrogen-bond donors (Lipinski definition) is 2. The number of carboxylic acids is 1. The number of aromatic nitrogens is 2. The van der Waals surface area contributed by atoms with E-state index in [1.165, 1.54) is 11.5 Å². The molecule has 1 aliphatic rings. The summed E-state index contributed by atoms with van der Waals surface area (Å²) in [5, 5.41) is 13.2. The summed E-state index contributed by atoms with van der Waals surface area (Å²) in [7, 11) is 0. The molecule has 0 amide bonds. The molecule has 1 fully saturated rings. The number of carboxylic acid groups (broad SMARTS) is 1. The zero-order valence-electron chi connectivity index (χ0n) is 11.3. The van der Waals surface area contributed by atoms with Crippen molar-refractivity contribution < 1.29 is 9.90 Å². The van der Waals surface area contributed by atoms with E-state index in [9.17, 15) is 4.79 Å². The highest BCUT2D eigenvalue weighted by molar-refractivity contribution is 7.09. The van der Waals surface area contributed by atoms with E-state index >= 15 is 0 Å². The predicted octanol–water partition coefficient (Wildman–Crippen LogP) is 2.79. The Morgan fingerprint density at radius 1 is 1.42 bits per heavy atom. The number of aryl methyl sites for hydroxylation is 1. The summed E-state index contributed by atoms with van der Waals surface area (Å²) in [6.07, 6.45) is 5.59. The van der Waals surface area contributed by atoms with Crippen LogP contribution in [-0.2, 0) is 11.2 Å². The SMILES string of the molecule is CCCc1nsc(NCC2CCC(C(=O)O)CC2)n1.